The second-order valence-corrected chi connectivity index (χ2v) is 11.4. The summed E-state index contributed by atoms with van der Waals surface area (Å²) in [6.45, 7) is 0. The smallest absolute Gasteiger partial charge is 0.187 e. The van der Waals surface area contributed by atoms with Gasteiger partial charge in [0, 0.05) is 21.0 Å². The van der Waals surface area contributed by atoms with Crippen molar-refractivity contribution in [2.75, 3.05) is 0 Å². The Labute approximate surface area is 264 Å². The Morgan fingerprint density at radius 2 is 1.34 bits per heavy atom. The zero-order valence-corrected chi connectivity index (χ0v) is 25.3. The van der Waals surface area contributed by atoms with Crippen molar-refractivity contribution in [1.29, 1.82) is 0 Å². The van der Waals surface area contributed by atoms with Gasteiger partial charge in [-0.1, -0.05) is 121 Å². The van der Waals surface area contributed by atoms with Gasteiger partial charge < -0.3 is 8.98 Å². The highest BCUT2D eigenvalue weighted by Crippen LogP contribution is 2.43. The first kappa shape index (κ1) is 27.6. The van der Waals surface area contributed by atoms with E-state index >= 15 is 0 Å². The Kier molecular flexibility index (Phi) is 7.38. The van der Waals surface area contributed by atoms with Crippen LogP contribution in [0.25, 0.3) is 28.3 Å². The number of allylic oxidation sites excluding steroid dienone is 1. The van der Waals surface area contributed by atoms with Crippen LogP contribution in [0.4, 0.5) is 0 Å². The molecular weight excluding hydrogens is 608 g/mol. The van der Waals surface area contributed by atoms with Crippen molar-refractivity contribution in [3.05, 3.63) is 191 Å². The maximum Gasteiger partial charge on any atom is 0.187 e. The van der Waals surface area contributed by atoms with E-state index in [0.29, 0.717) is 10.0 Å². The molecule has 0 bridgehead atoms. The molecule has 0 radical (unpaired) electrons. The number of hydrogen-bond acceptors (Lipinski definition) is 3. The first-order valence-corrected chi connectivity index (χ1v) is 15.1. The van der Waals surface area contributed by atoms with Gasteiger partial charge in [0.05, 0.1) is 24.5 Å². The number of imidazole rings is 1. The van der Waals surface area contributed by atoms with Crippen LogP contribution in [0.3, 0.4) is 0 Å². The summed E-state index contributed by atoms with van der Waals surface area (Å²) in [7, 11) is 0. The van der Waals surface area contributed by atoms with E-state index < -0.39 is 5.54 Å². The number of carbonyl (C=O) groups is 1. The number of aromatic nitrogens is 2. The number of halogens is 1. The summed E-state index contributed by atoms with van der Waals surface area (Å²) in [6, 6.07) is 45.3. The van der Waals surface area contributed by atoms with Gasteiger partial charge in [-0.25, -0.2) is 4.98 Å². The number of benzene rings is 5. The zero-order valence-electron chi connectivity index (χ0n) is 23.7. The number of nitrogens with zero attached hydrogens (tertiary/aromatic N) is 2. The van der Waals surface area contributed by atoms with Gasteiger partial charge in [0.1, 0.15) is 11.1 Å². The zero-order chi connectivity index (χ0) is 29.9. The number of furan rings is 1. The van der Waals surface area contributed by atoms with Crippen LogP contribution < -0.4 is 0 Å². The topological polar surface area (TPSA) is 48.0 Å². The Morgan fingerprint density at radius 3 is 1.98 bits per heavy atom. The highest BCUT2D eigenvalue weighted by atomic mass is 79.9. The third-order valence-corrected chi connectivity index (χ3v) is 8.69. The minimum atomic E-state index is -0.715. The van der Waals surface area contributed by atoms with Crippen LogP contribution in [0, 0.1) is 0 Å². The van der Waals surface area contributed by atoms with E-state index in [9.17, 15) is 4.79 Å². The molecule has 2 heterocycles. The number of hydrogen-bond donors (Lipinski definition) is 0. The van der Waals surface area contributed by atoms with Gasteiger partial charge in [-0.2, -0.15) is 0 Å². The average molecular weight is 636 g/mol. The molecule has 5 aromatic carbocycles. The van der Waals surface area contributed by atoms with Crippen LogP contribution in [0.1, 0.15) is 32.6 Å². The Balaban J connectivity index is 1.39. The largest absolute Gasteiger partial charge is 0.464 e. The lowest BCUT2D eigenvalue weighted by atomic mass is 9.76. The summed E-state index contributed by atoms with van der Waals surface area (Å²) in [5, 5.41) is 0.883. The molecule has 44 heavy (non-hydrogen) atoms. The molecule has 7 aromatic rings. The van der Waals surface area contributed by atoms with E-state index in [2.05, 4.69) is 99.4 Å². The number of carbonyl (C=O) groups excluding carboxylic acids is 1. The van der Waals surface area contributed by atoms with E-state index in [1.165, 1.54) is 0 Å². The minimum Gasteiger partial charge on any atom is -0.464 e. The average Bonchev–Trinajstić information content (AvgIpc) is 3.75. The fourth-order valence-corrected chi connectivity index (χ4v) is 6.54. The van der Waals surface area contributed by atoms with Gasteiger partial charge in [0.2, 0.25) is 0 Å². The number of rotatable bonds is 8. The first-order valence-electron chi connectivity index (χ1n) is 14.3. The molecular formula is C39H27BrN2O2. The molecule has 0 saturated heterocycles. The molecule has 0 saturated carbocycles. The van der Waals surface area contributed by atoms with Crippen molar-refractivity contribution in [2.24, 2.45) is 0 Å². The van der Waals surface area contributed by atoms with Crippen molar-refractivity contribution in [2.45, 2.75) is 5.54 Å². The van der Waals surface area contributed by atoms with Crippen LogP contribution in [0.2, 0.25) is 0 Å². The maximum absolute atomic E-state index is 13.4. The number of fused-ring (bicyclic) bond motifs is 1. The van der Waals surface area contributed by atoms with Crippen molar-refractivity contribution >= 4 is 38.8 Å². The Morgan fingerprint density at radius 1 is 0.750 bits per heavy atom. The van der Waals surface area contributed by atoms with E-state index in [4.69, 9.17) is 9.40 Å². The molecule has 4 nitrogen and oxygen atoms in total. The fraction of sp³-hybridized carbons (Fsp3) is 0.0256. The molecule has 0 unspecified atom stereocenters. The predicted octanol–water partition coefficient (Wildman–Crippen LogP) is 9.80. The van der Waals surface area contributed by atoms with Gasteiger partial charge >= 0.3 is 0 Å². The van der Waals surface area contributed by atoms with E-state index in [0.717, 1.165) is 44.5 Å². The lowest BCUT2D eigenvalue weighted by Gasteiger charge is -2.38. The highest BCUT2D eigenvalue weighted by molar-refractivity contribution is 9.10. The lowest BCUT2D eigenvalue weighted by molar-refractivity contribution is 0.104. The monoisotopic (exact) mass is 634 g/mol. The van der Waals surface area contributed by atoms with Crippen LogP contribution in [0.5, 0.6) is 0 Å². The van der Waals surface area contributed by atoms with Gasteiger partial charge in [0.25, 0.3) is 0 Å². The third kappa shape index (κ3) is 4.81. The summed E-state index contributed by atoms with van der Waals surface area (Å²) in [6.07, 6.45) is 8.95. The Bertz CT molecular complexity index is 2000. The van der Waals surface area contributed by atoms with Gasteiger partial charge in [-0.05, 0) is 62.5 Å². The van der Waals surface area contributed by atoms with Gasteiger partial charge in [-0.3, -0.25) is 4.79 Å². The van der Waals surface area contributed by atoms with E-state index in [1.54, 1.807) is 12.3 Å². The second-order valence-electron chi connectivity index (χ2n) is 10.5. The standard InChI is InChI=1S/C39H27BrN2O2/c40-35-25-38-29(22-23-44-38)24-34(35)37(43)21-20-28-12-10-11-19-33(28)36-26-41-27-42(36)39(30-13-4-1-5-14-30,31-15-6-2-7-16-31)32-17-8-3-9-18-32/h1-27H. The third-order valence-electron chi connectivity index (χ3n) is 8.03. The minimum absolute atomic E-state index is 0.101. The summed E-state index contributed by atoms with van der Waals surface area (Å²) in [4.78, 5) is 18.1. The second kappa shape index (κ2) is 11.8. The van der Waals surface area contributed by atoms with Crippen LogP contribution >= 0.6 is 15.9 Å². The van der Waals surface area contributed by atoms with Crippen molar-refractivity contribution in [1.82, 2.24) is 9.55 Å². The molecule has 0 aliphatic rings. The predicted molar refractivity (Wildman–Crippen MR) is 180 cm³/mol. The number of ketones is 1. The quantitative estimate of drug-likeness (QED) is 0.0949. The van der Waals surface area contributed by atoms with E-state index in [-0.39, 0.29) is 5.78 Å². The summed E-state index contributed by atoms with van der Waals surface area (Å²) in [5.74, 6) is -0.101. The van der Waals surface area contributed by atoms with Crippen molar-refractivity contribution < 1.29 is 9.21 Å². The molecule has 0 amide bonds. The molecule has 5 heteroatoms. The van der Waals surface area contributed by atoms with Gasteiger partial charge in [-0.15, -0.1) is 0 Å². The molecule has 0 spiro atoms. The van der Waals surface area contributed by atoms with Crippen molar-refractivity contribution in [3.63, 3.8) is 0 Å². The molecule has 212 valence electrons. The Hall–Kier alpha value is -5.26. The first-order chi connectivity index (χ1) is 21.7. The molecule has 0 fully saturated rings. The molecule has 0 aliphatic heterocycles. The summed E-state index contributed by atoms with van der Waals surface area (Å²) in [5.41, 5.74) is 6.72. The van der Waals surface area contributed by atoms with Gasteiger partial charge in [0.15, 0.2) is 5.78 Å². The van der Waals surface area contributed by atoms with E-state index in [1.807, 2.05) is 73.2 Å². The summed E-state index contributed by atoms with van der Waals surface area (Å²) >= 11 is 3.55. The molecule has 0 N–H and O–H groups in total. The summed E-state index contributed by atoms with van der Waals surface area (Å²) < 4.78 is 8.44. The highest BCUT2D eigenvalue weighted by Gasteiger charge is 2.39. The SMILES string of the molecule is O=C(C=Cc1ccccc1-c1cncn1C(c1ccccc1)(c1ccccc1)c1ccccc1)c1cc2ccoc2cc1Br. The van der Waals surface area contributed by atoms with Crippen LogP contribution in [-0.4, -0.2) is 15.3 Å². The lowest BCUT2D eigenvalue weighted by Crippen LogP contribution is -2.37. The molecule has 2 aromatic heterocycles. The van der Waals surface area contributed by atoms with Crippen LogP contribution in [-0.2, 0) is 5.54 Å². The van der Waals surface area contributed by atoms with Crippen molar-refractivity contribution in [3.8, 4) is 11.3 Å². The molecule has 7 rings (SSSR count). The molecule has 0 atom stereocenters. The normalized spacial score (nSPS) is 11.8. The fourth-order valence-electron chi connectivity index (χ4n) is 6.02. The maximum atomic E-state index is 13.4. The van der Waals surface area contributed by atoms with Crippen LogP contribution in [0.15, 0.2) is 167 Å². The molecule has 0 aliphatic carbocycles.